The van der Waals surface area contributed by atoms with Crippen LogP contribution < -0.4 is 9.47 Å². The molecule has 0 spiro atoms. The van der Waals surface area contributed by atoms with Gasteiger partial charge >= 0.3 is 0 Å². The van der Waals surface area contributed by atoms with Gasteiger partial charge in [-0.05, 0) is 66.8 Å². The molecule has 2 heterocycles. The monoisotopic (exact) mass is 434 g/mol. The third kappa shape index (κ3) is 5.45. The number of aliphatic hydroxyl groups is 1. The summed E-state index contributed by atoms with van der Waals surface area (Å²) in [6.07, 6.45) is 4.09. The molecular weight excluding hydrogens is 400 g/mol. The molecule has 0 aromatic heterocycles. The highest BCUT2D eigenvalue weighted by molar-refractivity contribution is 5.48. The third-order valence-electron chi connectivity index (χ3n) is 6.57. The first kappa shape index (κ1) is 22.7. The normalized spacial score (nSPS) is 19.0. The average Bonchev–Trinajstić information content (AvgIpc) is 2.84. The molecule has 0 unspecified atom stereocenters. The van der Waals surface area contributed by atoms with Crippen LogP contribution in [0.25, 0.3) is 0 Å². The first-order valence-corrected chi connectivity index (χ1v) is 11.6. The van der Waals surface area contributed by atoms with E-state index in [2.05, 4.69) is 58.0 Å². The molecule has 0 saturated carbocycles. The van der Waals surface area contributed by atoms with E-state index in [0.717, 1.165) is 56.2 Å². The molecule has 1 fully saturated rings. The summed E-state index contributed by atoms with van der Waals surface area (Å²) in [5.41, 5.74) is 5.09. The average molecular weight is 435 g/mol. The van der Waals surface area contributed by atoms with E-state index in [4.69, 9.17) is 14.6 Å². The smallest absolute Gasteiger partial charge is 0.161 e. The topological polar surface area (TPSA) is 45.2 Å². The number of methoxy groups -OCH3 is 2. The Hall–Kier alpha value is -2.52. The molecular formula is C27H34N2O3. The second kappa shape index (κ2) is 10.9. The Kier molecular flexibility index (Phi) is 7.70. The van der Waals surface area contributed by atoms with Crippen molar-refractivity contribution >= 4 is 0 Å². The first-order chi connectivity index (χ1) is 15.7. The van der Waals surface area contributed by atoms with Crippen molar-refractivity contribution in [3.63, 3.8) is 0 Å². The quantitative estimate of drug-likeness (QED) is 0.706. The zero-order chi connectivity index (χ0) is 22.3. The maximum Gasteiger partial charge on any atom is 0.161 e. The van der Waals surface area contributed by atoms with Crippen molar-refractivity contribution in [2.45, 2.75) is 44.8 Å². The number of nitrogens with zero attached hydrogens (tertiary/aromatic N) is 2. The van der Waals surface area contributed by atoms with Crippen LogP contribution in [0.2, 0.25) is 0 Å². The van der Waals surface area contributed by atoms with Crippen LogP contribution in [0.3, 0.4) is 0 Å². The van der Waals surface area contributed by atoms with E-state index in [9.17, 15) is 0 Å². The highest BCUT2D eigenvalue weighted by atomic mass is 16.5. The van der Waals surface area contributed by atoms with Crippen molar-refractivity contribution < 1.29 is 14.6 Å². The maximum atomic E-state index is 8.86. The van der Waals surface area contributed by atoms with Gasteiger partial charge < -0.3 is 14.6 Å². The largest absolute Gasteiger partial charge is 0.493 e. The van der Waals surface area contributed by atoms with Crippen molar-refractivity contribution in [3.8, 4) is 23.3 Å². The Bertz CT molecular complexity index is 961. The second-order valence-corrected chi connectivity index (χ2v) is 8.70. The van der Waals surface area contributed by atoms with Crippen LogP contribution in [0.15, 0.2) is 36.4 Å². The Morgan fingerprint density at radius 1 is 1.03 bits per heavy atom. The first-order valence-electron chi connectivity index (χ1n) is 11.6. The maximum absolute atomic E-state index is 8.86. The fourth-order valence-electron chi connectivity index (χ4n) is 4.86. The van der Waals surface area contributed by atoms with Gasteiger partial charge in [-0.3, -0.25) is 9.80 Å². The highest BCUT2D eigenvalue weighted by Gasteiger charge is 2.28. The molecule has 0 bridgehead atoms. The summed E-state index contributed by atoms with van der Waals surface area (Å²) in [4.78, 5) is 5.24. The van der Waals surface area contributed by atoms with E-state index in [0.29, 0.717) is 12.5 Å². The molecule has 4 rings (SSSR count). The standard InChI is InChI=1S/C27H34N2O3/c1-31-26-16-23-12-14-29(19-24(23)17-27(26)32-2)25-7-5-13-28(20-25)18-22-10-8-21(9-11-22)6-3-4-15-30/h8-11,16-17,25,30H,4-5,7,12-15,18-20H2,1-2H3/t25-/m0/s1. The van der Waals surface area contributed by atoms with Crippen LogP contribution in [-0.2, 0) is 19.5 Å². The number of ether oxygens (including phenoxy) is 2. The van der Waals surface area contributed by atoms with E-state index in [1.54, 1.807) is 14.2 Å². The summed E-state index contributed by atoms with van der Waals surface area (Å²) in [6, 6.07) is 13.4. The van der Waals surface area contributed by atoms with Gasteiger partial charge in [0.2, 0.25) is 0 Å². The predicted octanol–water partition coefficient (Wildman–Crippen LogP) is 3.46. The van der Waals surface area contributed by atoms with E-state index in [1.807, 2.05) is 0 Å². The lowest BCUT2D eigenvalue weighted by Gasteiger charge is -2.41. The van der Waals surface area contributed by atoms with Gasteiger partial charge in [0.1, 0.15) is 0 Å². The number of piperidine rings is 1. The van der Waals surface area contributed by atoms with Gasteiger partial charge in [-0.1, -0.05) is 24.0 Å². The van der Waals surface area contributed by atoms with Gasteiger partial charge in [0.15, 0.2) is 11.5 Å². The van der Waals surface area contributed by atoms with Crippen LogP contribution in [-0.4, -0.2) is 61.4 Å². The van der Waals surface area contributed by atoms with E-state index in [-0.39, 0.29) is 6.61 Å². The fourth-order valence-corrected chi connectivity index (χ4v) is 4.86. The molecule has 1 atom stereocenters. The summed E-state index contributed by atoms with van der Waals surface area (Å²) in [7, 11) is 3.41. The Labute approximate surface area is 191 Å². The summed E-state index contributed by atoms with van der Waals surface area (Å²) in [6.45, 7) is 5.45. The van der Waals surface area contributed by atoms with Gasteiger partial charge in [0.05, 0.1) is 20.8 Å². The lowest BCUT2D eigenvalue weighted by atomic mass is 9.95. The lowest BCUT2D eigenvalue weighted by Crippen LogP contribution is -2.49. The Morgan fingerprint density at radius 2 is 1.78 bits per heavy atom. The Balaban J connectivity index is 1.37. The van der Waals surface area contributed by atoms with Crippen molar-refractivity contribution in [2.24, 2.45) is 0 Å². The SMILES string of the molecule is COc1cc2c(cc1OC)CN([C@H]1CCCN(Cc3ccc(C#CCCO)cc3)C1)CC2. The number of hydrogen-bond acceptors (Lipinski definition) is 5. The van der Waals surface area contributed by atoms with Crippen molar-refractivity contribution in [3.05, 3.63) is 58.7 Å². The highest BCUT2D eigenvalue weighted by Crippen LogP contribution is 2.34. The van der Waals surface area contributed by atoms with E-state index < -0.39 is 0 Å². The van der Waals surface area contributed by atoms with Gasteiger partial charge in [-0.15, -0.1) is 0 Å². The number of aliphatic hydroxyl groups excluding tert-OH is 1. The van der Waals surface area contributed by atoms with Crippen LogP contribution in [0.4, 0.5) is 0 Å². The minimum Gasteiger partial charge on any atom is -0.493 e. The van der Waals surface area contributed by atoms with E-state index in [1.165, 1.54) is 29.5 Å². The van der Waals surface area contributed by atoms with Crippen molar-refractivity contribution in [1.82, 2.24) is 9.80 Å². The summed E-state index contributed by atoms with van der Waals surface area (Å²) in [5.74, 6) is 7.74. The number of rotatable bonds is 6. The lowest BCUT2D eigenvalue weighted by molar-refractivity contribution is 0.0837. The summed E-state index contributed by atoms with van der Waals surface area (Å²) in [5, 5.41) is 8.86. The van der Waals surface area contributed by atoms with Gasteiger partial charge in [0, 0.05) is 44.2 Å². The molecule has 5 nitrogen and oxygen atoms in total. The van der Waals surface area contributed by atoms with Crippen LogP contribution in [0, 0.1) is 11.8 Å². The zero-order valence-corrected chi connectivity index (χ0v) is 19.3. The molecule has 5 heteroatoms. The predicted molar refractivity (Wildman–Crippen MR) is 127 cm³/mol. The molecule has 32 heavy (non-hydrogen) atoms. The molecule has 0 amide bonds. The molecule has 170 valence electrons. The van der Waals surface area contributed by atoms with Crippen LogP contribution >= 0.6 is 0 Å². The number of fused-ring (bicyclic) bond motifs is 1. The minimum absolute atomic E-state index is 0.117. The molecule has 0 radical (unpaired) electrons. The molecule has 2 aliphatic heterocycles. The summed E-state index contributed by atoms with van der Waals surface area (Å²) >= 11 is 0. The number of hydrogen-bond donors (Lipinski definition) is 1. The molecule has 1 N–H and O–H groups in total. The molecule has 0 aliphatic carbocycles. The van der Waals surface area contributed by atoms with Gasteiger partial charge in [-0.2, -0.15) is 0 Å². The molecule has 2 aromatic rings. The van der Waals surface area contributed by atoms with E-state index >= 15 is 0 Å². The van der Waals surface area contributed by atoms with Crippen LogP contribution in [0.5, 0.6) is 11.5 Å². The zero-order valence-electron chi connectivity index (χ0n) is 19.3. The molecule has 2 aliphatic rings. The Morgan fingerprint density at radius 3 is 2.50 bits per heavy atom. The molecule has 2 aromatic carbocycles. The third-order valence-corrected chi connectivity index (χ3v) is 6.57. The van der Waals surface area contributed by atoms with Gasteiger partial charge in [0.25, 0.3) is 0 Å². The second-order valence-electron chi connectivity index (χ2n) is 8.70. The molecule has 1 saturated heterocycles. The number of benzene rings is 2. The fraction of sp³-hybridized carbons (Fsp3) is 0.481. The van der Waals surface area contributed by atoms with Gasteiger partial charge in [-0.25, -0.2) is 0 Å². The number of likely N-dealkylation sites (tertiary alicyclic amines) is 1. The van der Waals surface area contributed by atoms with Crippen LogP contribution in [0.1, 0.15) is 41.5 Å². The summed E-state index contributed by atoms with van der Waals surface area (Å²) < 4.78 is 11.0. The minimum atomic E-state index is 0.117. The van der Waals surface area contributed by atoms with Crippen molar-refractivity contribution in [2.75, 3.05) is 40.5 Å². The van der Waals surface area contributed by atoms with Crippen molar-refractivity contribution in [1.29, 1.82) is 0 Å².